The molecule has 0 aliphatic carbocycles. The van der Waals surface area contributed by atoms with E-state index in [4.69, 9.17) is 4.98 Å². The molecular weight excluding hydrogens is 280 g/mol. The summed E-state index contributed by atoms with van der Waals surface area (Å²) in [6, 6.07) is 6.64. The number of thioether (sulfide) groups is 1. The van der Waals surface area contributed by atoms with Crippen LogP contribution in [-0.4, -0.2) is 41.0 Å². The molecule has 2 aromatic heterocycles. The zero-order valence-electron chi connectivity index (χ0n) is 13.5. The summed E-state index contributed by atoms with van der Waals surface area (Å²) in [5.74, 6) is 2.19. The van der Waals surface area contributed by atoms with Gasteiger partial charge in [0.2, 0.25) is 0 Å². The second-order valence-electron chi connectivity index (χ2n) is 5.40. The summed E-state index contributed by atoms with van der Waals surface area (Å²) in [5.41, 5.74) is 2.26. The molecule has 0 bridgehead atoms. The van der Waals surface area contributed by atoms with E-state index in [2.05, 4.69) is 60.1 Å². The van der Waals surface area contributed by atoms with Crippen molar-refractivity contribution in [2.45, 2.75) is 32.9 Å². The van der Waals surface area contributed by atoms with Gasteiger partial charge in [-0.15, -0.1) is 0 Å². The number of fused-ring (bicyclic) bond motifs is 1. The van der Waals surface area contributed by atoms with Gasteiger partial charge in [-0.2, -0.15) is 11.8 Å². The molecule has 0 fully saturated rings. The van der Waals surface area contributed by atoms with E-state index < -0.39 is 0 Å². The van der Waals surface area contributed by atoms with Crippen LogP contribution in [0.5, 0.6) is 0 Å². The highest BCUT2D eigenvalue weighted by Crippen LogP contribution is 2.23. The summed E-state index contributed by atoms with van der Waals surface area (Å²) >= 11 is 1.88. The Hall–Kier alpha value is -1.20. The molecule has 4 nitrogen and oxygen atoms in total. The molecule has 0 aliphatic heterocycles. The Morgan fingerprint density at radius 1 is 1.43 bits per heavy atom. The minimum Gasteiger partial charge on any atom is -0.355 e. The van der Waals surface area contributed by atoms with Crippen LogP contribution < -0.4 is 10.2 Å². The van der Waals surface area contributed by atoms with Gasteiger partial charge in [0.25, 0.3) is 0 Å². The molecule has 1 unspecified atom stereocenters. The summed E-state index contributed by atoms with van der Waals surface area (Å²) in [5, 5.41) is 3.50. The van der Waals surface area contributed by atoms with Crippen LogP contribution in [0.25, 0.3) is 5.65 Å². The van der Waals surface area contributed by atoms with Gasteiger partial charge in [0, 0.05) is 31.6 Å². The largest absolute Gasteiger partial charge is 0.355 e. The number of anilines is 1. The van der Waals surface area contributed by atoms with Gasteiger partial charge in [-0.25, -0.2) is 4.98 Å². The van der Waals surface area contributed by atoms with Gasteiger partial charge < -0.3 is 14.6 Å². The monoisotopic (exact) mass is 306 g/mol. The summed E-state index contributed by atoms with van der Waals surface area (Å²) < 4.78 is 2.19. The molecule has 2 heterocycles. The lowest BCUT2D eigenvalue weighted by Crippen LogP contribution is -2.32. The third-order valence-corrected chi connectivity index (χ3v) is 4.55. The Kier molecular flexibility index (Phi) is 5.94. The lowest BCUT2D eigenvalue weighted by atomic mass is 10.3. The van der Waals surface area contributed by atoms with Crippen LogP contribution >= 0.6 is 11.8 Å². The molecule has 0 aliphatic rings. The molecule has 5 heteroatoms. The van der Waals surface area contributed by atoms with Gasteiger partial charge in [0.05, 0.1) is 5.69 Å². The van der Waals surface area contributed by atoms with E-state index in [0.29, 0.717) is 6.04 Å². The Balaban J connectivity index is 2.33. The highest BCUT2D eigenvalue weighted by Gasteiger charge is 2.18. The maximum Gasteiger partial charge on any atom is 0.152 e. The highest BCUT2D eigenvalue weighted by molar-refractivity contribution is 7.98. The minimum absolute atomic E-state index is 0.467. The van der Waals surface area contributed by atoms with E-state index >= 15 is 0 Å². The average molecular weight is 306 g/mol. The number of rotatable bonds is 8. The van der Waals surface area contributed by atoms with Crippen molar-refractivity contribution in [2.75, 3.05) is 30.5 Å². The molecule has 1 atom stereocenters. The number of imidazole rings is 1. The first kappa shape index (κ1) is 16.2. The third kappa shape index (κ3) is 3.71. The lowest BCUT2D eigenvalue weighted by Gasteiger charge is -2.25. The SMILES string of the molecule is CCCNCc1c(N(C)C(C)CSC)nc2ccccn12. The predicted octanol–water partition coefficient (Wildman–Crippen LogP) is 3.02. The van der Waals surface area contributed by atoms with Crippen LogP contribution in [0.3, 0.4) is 0 Å². The van der Waals surface area contributed by atoms with Crippen molar-refractivity contribution in [1.29, 1.82) is 0 Å². The number of hydrogen-bond donors (Lipinski definition) is 1. The van der Waals surface area contributed by atoms with Crippen LogP contribution in [-0.2, 0) is 6.54 Å². The van der Waals surface area contributed by atoms with Gasteiger partial charge in [0.15, 0.2) is 5.82 Å². The van der Waals surface area contributed by atoms with Crippen molar-refractivity contribution in [3.63, 3.8) is 0 Å². The van der Waals surface area contributed by atoms with Gasteiger partial charge in [-0.05, 0) is 38.3 Å². The second-order valence-corrected chi connectivity index (χ2v) is 6.31. The molecule has 0 saturated carbocycles. The number of nitrogens with one attached hydrogen (secondary N) is 1. The maximum atomic E-state index is 4.83. The zero-order chi connectivity index (χ0) is 15.2. The van der Waals surface area contributed by atoms with Crippen LogP contribution in [0.15, 0.2) is 24.4 Å². The Morgan fingerprint density at radius 2 is 2.24 bits per heavy atom. The van der Waals surface area contributed by atoms with Gasteiger partial charge >= 0.3 is 0 Å². The second kappa shape index (κ2) is 7.71. The topological polar surface area (TPSA) is 32.6 Å². The quantitative estimate of drug-likeness (QED) is 0.760. The van der Waals surface area contributed by atoms with E-state index in [0.717, 1.165) is 36.7 Å². The van der Waals surface area contributed by atoms with Crippen LogP contribution in [0.2, 0.25) is 0 Å². The molecule has 21 heavy (non-hydrogen) atoms. The molecule has 0 radical (unpaired) electrons. The molecule has 2 aromatic rings. The number of hydrogen-bond acceptors (Lipinski definition) is 4. The van der Waals surface area contributed by atoms with Crippen LogP contribution in [0.4, 0.5) is 5.82 Å². The fraction of sp³-hybridized carbons (Fsp3) is 0.562. The van der Waals surface area contributed by atoms with Crippen molar-refractivity contribution in [3.05, 3.63) is 30.1 Å². The van der Waals surface area contributed by atoms with Gasteiger partial charge in [0.1, 0.15) is 5.65 Å². The van der Waals surface area contributed by atoms with Crippen molar-refractivity contribution < 1.29 is 0 Å². The van der Waals surface area contributed by atoms with E-state index in [1.807, 2.05) is 17.8 Å². The van der Waals surface area contributed by atoms with E-state index in [1.165, 1.54) is 5.69 Å². The first-order valence-corrected chi connectivity index (χ1v) is 8.96. The minimum atomic E-state index is 0.467. The van der Waals surface area contributed by atoms with Crippen molar-refractivity contribution in [1.82, 2.24) is 14.7 Å². The lowest BCUT2D eigenvalue weighted by molar-refractivity contribution is 0.655. The van der Waals surface area contributed by atoms with Gasteiger partial charge in [-0.1, -0.05) is 13.0 Å². The molecule has 0 amide bonds. The third-order valence-electron chi connectivity index (χ3n) is 3.73. The summed E-state index contributed by atoms with van der Waals surface area (Å²) in [6.45, 7) is 6.33. The fourth-order valence-electron chi connectivity index (χ4n) is 2.43. The smallest absolute Gasteiger partial charge is 0.152 e. The van der Waals surface area contributed by atoms with Crippen molar-refractivity contribution in [2.24, 2.45) is 0 Å². The molecule has 1 N–H and O–H groups in total. The molecular formula is C16H26N4S. The first-order valence-electron chi connectivity index (χ1n) is 7.57. The zero-order valence-corrected chi connectivity index (χ0v) is 14.3. The Morgan fingerprint density at radius 3 is 2.95 bits per heavy atom. The molecule has 0 spiro atoms. The number of nitrogens with zero attached hydrogens (tertiary/aromatic N) is 3. The van der Waals surface area contributed by atoms with E-state index in [9.17, 15) is 0 Å². The normalized spacial score (nSPS) is 12.8. The standard InChI is InChI=1S/C16H26N4S/c1-5-9-17-11-14-16(19(3)13(2)12-21-4)18-15-8-6-7-10-20(14)15/h6-8,10,13,17H,5,9,11-12H2,1-4H3. The van der Waals surface area contributed by atoms with Crippen molar-refractivity contribution >= 4 is 23.2 Å². The van der Waals surface area contributed by atoms with Crippen LogP contribution in [0.1, 0.15) is 26.0 Å². The maximum absolute atomic E-state index is 4.83. The first-order chi connectivity index (χ1) is 10.2. The number of aromatic nitrogens is 2. The molecule has 116 valence electrons. The van der Waals surface area contributed by atoms with E-state index in [1.54, 1.807) is 0 Å². The Bertz CT molecular complexity index is 566. The number of pyridine rings is 1. The summed E-state index contributed by atoms with van der Waals surface area (Å²) in [6.07, 6.45) is 5.39. The predicted molar refractivity (Wildman–Crippen MR) is 93.4 cm³/mol. The molecule has 0 saturated heterocycles. The van der Waals surface area contributed by atoms with Crippen molar-refractivity contribution in [3.8, 4) is 0 Å². The van der Waals surface area contributed by atoms with Crippen LogP contribution in [0, 0.1) is 0 Å². The molecule has 0 aromatic carbocycles. The fourth-order valence-corrected chi connectivity index (χ4v) is 3.13. The highest BCUT2D eigenvalue weighted by atomic mass is 32.2. The molecule has 2 rings (SSSR count). The van der Waals surface area contributed by atoms with Gasteiger partial charge in [-0.3, -0.25) is 0 Å². The van der Waals surface area contributed by atoms with E-state index in [-0.39, 0.29) is 0 Å². The summed E-state index contributed by atoms with van der Waals surface area (Å²) in [7, 11) is 2.14. The summed E-state index contributed by atoms with van der Waals surface area (Å²) in [4.78, 5) is 7.13. The average Bonchev–Trinajstić information content (AvgIpc) is 2.86. The Labute approximate surface area is 131 Å².